The van der Waals surface area contributed by atoms with E-state index >= 15 is 0 Å². The first-order valence-corrected chi connectivity index (χ1v) is 10.2. The molecule has 4 rings (SSSR count). The normalized spacial score (nSPS) is 10.9. The second kappa shape index (κ2) is 9.30. The third-order valence-corrected chi connectivity index (χ3v) is 5.15. The van der Waals surface area contributed by atoms with Crippen molar-refractivity contribution in [2.24, 2.45) is 0 Å². The summed E-state index contributed by atoms with van der Waals surface area (Å²) in [7, 11) is 1.78. The van der Waals surface area contributed by atoms with E-state index in [1.165, 1.54) is 6.26 Å². The SMILES string of the molecule is CN(C(=O)Cn1c(CCCNC(=O)c2ccco2)nc2ccccc21)c1ccccc1. The Kier molecular flexibility index (Phi) is 6.12. The molecule has 0 saturated carbocycles. The molecule has 0 aliphatic carbocycles. The molecule has 0 spiro atoms. The highest BCUT2D eigenvalue weighted by Gasteiger charge is 2.17. The van der Waals surface area contributed by atoms with Gasteiger partial charge in [-0.1, -0.05) is 30.3 Å². The van der Waals surface area contributed by atoms with Crippen LogP contribution in [0.4, 0.5) is 5.69 Å². The average molecular weight is 416 g/mol. The Morgan fingerprint density at radius 1 is 1.03 bits per heavy atom. The molecule has 0 aliphatic heterocycles. The van der Waals surface area contributed by atoms with E-state index in [0.29, 0.717) is 25.1 Å². The number of aromatic nitrogens is 2. The molecule has 0 bridgehead atoms. The van der Waals surface area contributed by atoms with Crippen LogP contribution in [0.3, 0.4) is 0 Å². The van der Waals surface area contributed by atoms with Crippen molar-refractivity contribution in [3.05, 3.63) is 84.6 Å². The fourth-order valence-electron chi connectivity index (χ4n) is 3.47. The van der Waals surface area contributed by atoms with Gasteiger partial charge in [0.15, 0.2) is 5.76 Å². The predicted molar refractivity (Wildman–Crippen MR) is 119 cm³/mol. The molecule has 0 unspecified atom stereocenters. The van der Waals surface area contributed by atoms with Crippen molar-refractivity contribution in [2.75, 3.05) is 18.5 Å². The molecule has 1 N–H and O–H groups in total. The van der Waals surface area contributed by atoms with Gasteiger partial charge < -0.3 is 19.2 Å². The molecule has 2 amide bonds. The van der Waals surface area contributed by atoms with Crippen LogP contribution >= 0.6 is 0 Å². The molecule has 158 valence electrons. The van der Waals surface area contributed by atoms with Crippen molar-refractivity contribution < 1.29 is 14.0 Å². The van der Waals surface area contributed by atoms with Crippen molar-refractivity contribution in [3.63, 3.8) is 0 Å². The van der Waals surface area contributed by atoms with Crippen LogP contribution in [0.25, 0.3) is 11.0 Å². The Labute approximate surface area is 180 Å². The topological polar surface area (TPSA) is 80.4 Å². The van der Waals surface area contributed by atoms with Crippen molar-refractivity contribution in [3.8, 4) is 0 Å². The lowest BCUT2D eigenvalue weighted by Gasteiger charge is -2.18. The predicted octanol–water partition coefficient (Wildman–Crippen LogP) is 3.65. The summed E-state index contributed by atoms with van der Waals surface area (Å²) >= 11 is 0. The number of amides is 2. The highest BCUT2D eigenvalue weighted by atomic mass is 16.3. The van der Waals surface area contributed by atoms with Gasteiger partial charge in [-0.25, -0.2) is 4.98 Å². The number of carbonyl (C=O) groups excluding carboxylic acids is 2. The molecule has 7 nitrogen and oxygen atoms in total. The summed E-state index contributed by atoms with van der Waals surface area (Å²) in [4.78, 5) is 31.4. The first-order chi connectivity index (χ1) is 15.1. The maximum Gasteiger partial charge on any atom is 0.286 e. The number of anilines is 1. The Bertz CT molecular complexity index is 1170. The van der Waals surface area contributed by atoms with Gasteiger partial charge in [0.05, 0.1) is 17.3 Å². The number of rotatable bonds is 8. The molecule has 31 heavy (non-hydrogen) atoms. The van der Waals surface area contributed by atoms with E-state index in [2.05, 4.69) is 5.32 Å². The lowest BCUT2D eigenvalue weighted by Crippen LogP contribution is -2.30. The van der Waals surface area contributed by atoms with E-state index in [0.717, 1.165) is 22.5 Å². The first-order valence-electron chi connectivity index (χ1n) is 10.2. The summed E-state index contributed by atoms with van der Waals surface area (Å²) in [6.45, 7) is 0.681. The molecule has 0 fully saturated rings. The Morgan fingerprint density at radius 2 is 1.81 bits per heavy atom. The Hall–Kier alpha value is -3.87. The van der Waals surface area contributed by atoms with Gasteiger partial charge in [0.1, 0.15) is 12.4 Å². The van der Waals surface area contributed by atoms with Crippen molar-refractivity contribution in [1.29, 1.82) is 0 Å². The number of fused-ring (bicyclic) bond motifs is 1. The van der Waals surface area contributed by atoms with Crippen molar-refractivity contribution in [2.45, 2.75) is 19.4 Å². The number of hydrogen-bond acceptors (Lipinski definition) is 4. The number of nitrogens with one attached hydrogen (secondary N) is 1. The molecular weight excluding hydrogens is 392 g/mol. The summed E-state index contributed by atoms with van der Waals surface area (Å²) in [6, 6.07) is 20.7. The second-order valence-electron chi connectivity index (χ2n) is 7.23. The van der Waals surface area contributed by atoms with Crippen molar-refractivity contribution in [1.82, 2.24) is 14.9 Å². The van der Waals surface area contributed by atoms with Crippen LogP contribution in [-0.4, -0.2) is 35.0 Å². The van der Waals surface area contributed by atoms with Gasteiger partial charge in [-0.3, -0.25) is 9.59 Å². The van der Waals surface area contributed by atoms with E-state index in [9.17, 15) is 9.59 Å². The molecule has 0 aliphatic rings. The van der Waals surface area contributed by atoms with Gasteiger partial charge >= 0.3 is 0 Å². The summed E-state index contributed by atoms with van der Waals surface area (Å²) in [5, 5.41) is 2.84. The van der Waals surface area contributed by atoms with E-state index in [-0.39, 0.29) is 18.4 Å². The third-order valence-electron chi connectivity index (χ3n) is 5.15. The zero-order chi connectivity index (χ0) is 21.6. The number of hydrogen-bond donors (Lipinski definition) is 1. The molecule has 0 atom stereocenters. The van der Waals surface area contributed by atoms with Crippen LogP contribution in [0.15, 0.2) is 77.4 Å². The Morgan fingerprint density at radius 3 is 2.58 bits per heavy atom. The number of nitrogens with zero attached hydrogens (tertiary/aromatic N) is 3. The van der Waals surface area contributed by atoms with E-state index in [1.54, 1.807) is 24.1 Å². The minimum atomic E-state index is -0.238. The van der Waals surface area contributed by atoms with Gasteiger partial charge in [-0.15, -0.1) is 0 Å². The van der Waals surface area contributed by atoms with Crippen LogP contribution < -0.4 is 10.2 Å². The smallest absolute Gasteiger partial charge is 0.286 e. The van der Waals surface area contributed by atoms with Gasteiger partial charge in [0, 0.05) is 25.7 Å². The van der Waals surface area contributed by atoms with Crippen LogP contribution in [0.1, 0.15) is 22.8 Å². The zero-order valence-electron chi connectivity index (χ0n) is 17.3. The Balaban J connectivity index is 1.45. The second-order valence-corrected chi connectivity index (χ2v) is 7.23. The number of para-hydroxylation sites is 3. The summed E-state index contributed by atoms with van der Waals surface area (Å²) < 4.78 is 7.07. The number of carbonyl (C=O) groups is 2. The standard InChI is InChI=1S/C24H24N4O3/c1-27(18-9-3-2-4-10-18)23(29)17-28-20-12-6-5-11-19(20)26-22(28)14-7-15-25-24(30)21-13-8-16-31-21/h2-6,8-13,16H,7,14-15,17H2,1H3,(H,25,30). The maximum atomic E-state index is 13.0. The van der Waals surface area contributed by atoms with Gasteiger partial charge in [-0.2, -0.15) is 0 Å². The largest absolute Gasteiger partial charge is 0.459 e. The van der Waals surface area contributed by atoms with Gasteiger partial charge in [0.2, 0.25) is 5.91 Å². The monoisotopic (exact) mass is 416 g/mol. The molecular formula is C24H24N4O3. The molecule has 2 aromatic heterocycles. The van der Waals surface area contributed by atoms with Crippen LogP contribution in [0, 0.1) is 0 Å². The van der Waals surface area contributed by atoms with Crippen LogP contribution in [0.5, 0.6) is 0 Å². The summed E-state index contributed by atoms with van der Waals surface area (Å²) in [6.07, 6.45) is 2.80. The zero-order valence-corrected chi connectivity index (χ0v) is 17.3. The number of likely N-dealkylation sites (N-methyl/N-ethyl adjacent to an activating group) is 1. The van der Waals surface area contributed by atoms with Crippen LogP contribution in [0.2, 0.25) is 0 Å². The number of benzene rings is 2. The third kappa shape index (κ3) is 4.66. The number of imidazole rings is 1. The van der Waals surface area contributed by atoms with Crippen molar-refractivity contribution >= 4 is 28.5 Å². The fourth-order valence-corrected chi connectivity index (χ4v) is 3.47. The average Bonchev–Trinajstić information content (AvgIpc) is 3.45. The molecule has 0 radical (unpaired) electrons. The van der Waals surface area contributed by atoms with E-state index in [1.807, 2.05) is 59.2 Å². The highest BCUT2D eigenvalue weighted by Crippen LogP contribution is 2.19. The highest BCUT2D eigenvalue weighted by molar-refractivity contribution is 5.93. The molecule has 2 heterocycles. The lowest BCUT2D eigenvalue weighted by atomic mass is 10.2. The van der Waals surface area contributed by atoms with E-state index in [4.69, 9.17) is 9.40 Å². The number of aryl methyl sites for hydroxylation is 1. The van der Waals surface area contributed by atoms with Gasteiger partial charge in [0.25, 0.3) is 5.91 Å². The fraction of sp³-hybridized carbons (Fsp3) is 0.208. The minimum absolute atomic E-state index is 0.0262. The van der Waals surface area contributed by atoms with Gasteiger partial charge in [-0.05, 0) is 42.8 Å². The quantitative estimate of drug-likeness (QED) is 0.445. The number of furan rings is 1. The lowest BCUT2D eigenvalue weighted by molar-refractivity contribution is -0.118. The summed E-state index contributed by atoms with van der Waals surface area (Å²) in [5.41, 5.74) is 2.62. The summed E-state index contributed by atoms with van der Waals surface area (Å²) in [5.74, 6) is 0.852. The maximum absolute atomic E-state index is 13.0. The molecule has 2 aromatic carbocycles. The van der Waals surface area contributed by atoms with E-state index < -0.39 is 0 Å². The van der Waals surface area contributed by atoms with Crippen LogP contribution in [-0.2, 0) is 17.8 Å². The molecule has 4 aromatic rings. The molecule has 0 saturated heterocycles. The first kappa shape index (κ1) is 20.4. The molecule has 7 heteroatoms. The minimum Gasteiger partial charge on any atom is -0.459 e.